The van der Waals surface area contributed by atoms with Crippen LogP contribution in [0.3, 0.4) is 0 Å². The zero-order chi connectivity index (χ0) is 13.6. The van der Waals surface area contributed by atoms with Gasteiger partial charge in [0.1, 0.15) is 5.60 Å². The number of hydrogen-bond acceptors (Lipinski definition) is 5. The molecule has 0 bridgehead atoms. The molecule has 0 spiro atoms. The third-order valence-electron chi connectivity index (χ3n) is 2.11. The molecule has 2 atom stereocenters. The maximum atomic E-state index is 11.5. The Morgan fingerprint density at radius 2 is 1.88 bits per heavy atom. The van der Waals surface area contributed by atoms with Crippen molar-refractivity contribution in [2.45, 2.75) is 39.3 Å². The van der Waals surface area contributed by atoms with Crippen molar-refractivity contribution in [3.05, 3.63) is 0 Å². The molecule has 17 heavy (non-hydrogen) atoms. The maximum absolute atomic E-state index is 11.5. The van der Waals surface area contributed by atoms with Crippen LogP contribution >= 0.6 is 0 Å². The van der Waals surface area contributed by atoms with Crippen LogP contribution in [-0.2, 0) is 14.3 Å². The molecule has 0 heterocycles. The number of rotatable bonds is 4. The first-order valence-corrected chi connectivity index (χ1v) is 5.48. The number of nitrogens with two attached hydrogens (primary N) is 1. The van der Waals surface area contributed by atoms with E-state index in [4.69, 9.17) is 10.5 Å². The van der Waals surface area contributed by atoms with Crippen LogP contribution in [0.25, 0.3) is 0 Å². The molecular formula is C11H22N2O4. The zero-order valence-electron chi connectivity index (χ0n) is 11.1. The molecule has 1 unspecified atom stereocenters. The van der Waals surface area contributed by atoms with Crippen LogP contribution in [0.4, 0.5) is 4.79 Å². The van der Waals surface area contributed by atoms with Crippen LogP contribution in [0.5, 0.6) is 0 Å². The zero-order valence-corrected chi connectivity index (χ0v) is 11.1. The molecule has 100 valence electrons. The number of esters is 1. The normalized spacial score (nSPS) is 14.7. The van der Waals surface area contributed by atoms with Gasteiger partial charge in [-0.15, -0.1) is 0 Å². The van der Waals surface area contributed by atoms with Gasteiger partial charge in [-0.25, -0.2) is 4.79 Å². The molecule has 0 saturated heterocycles. The van der Waals surface area contributed by atoms with E-state index in [0.717, 1.165) is 0 Å². The molecule has 0 aliphatic heterocycles. The molecule has 0 saturated carbocycles. The molecule has 0 radical (unpaired) electrons. The van der Waals surface area contributed by atoms with E-state index in [1.807, 2.05) is 0 Å². The number of nitrogens with one attached hydrogen (secondary N) is 1. The van der Waals surface area contributed by atoms with E-state index in [2.05, 4.69) is 10.1 Å². The number of hydrogen-bond donors (Lipinski definition) is 2. The Hall–Kier alpha value is -1.30. The van der Waals surface area contributed by atoms with E-state index in [0.29, 0.717) is 0 Å². The van der Waals surface area contributed by atoms with E-state index in [9.17, 15) is 9.59 Å². The van der Waals surface area contributed by atoms with Crippen LogP contribution in [-0.4, -0.2) is 37.4 Å². The van der Waals surface area contributed by atoms with Crippen LogP contribution in [0.1, 0.15) is 27.7 Å². The lowest BCUT2D eigenvalue weighted by Gasteiger charge is -2.24. The van der Waals surface area contributed by atoms with Crippen LogP contribution in [0.2, 0.25) is 0 Å². The first kappa shape index (κ1) is 15.7. The largest absolute Gasteiger partial charge is 0.469 e. The van der Waals surface area contributed by atoms with Crippen molar-refractivity contribution in [2.24, 2.45) is 11.7 Å². The predicted octanol–water partition coefficient (Wildman–Crippen LogP) is 0.647. The number of carbonyl (C=O) groups is 2. The molecule has 0 aromatic carbocycles. The highest BCUT2D eigenvalue weighted by Crippen LogP contribution is 2.09. The average Bonchev–Trinajstić information content (AvgIpc) is 2.15. The number of amides is 1. The molecule has 0 aliphatic carbocycles. The van der Waals surface area contributed by atoms with E-state index in [1.54, 1.807) is 27.7 Å². The van der Waals surface area contributed by atoms with E-state index < -0.39 is 29.6 Å². The summed E-state index contributed by atoms with van der Waals surface area (Å²) >= 11 is 0. The van der Waals surface area contributed by atoms with Gasteiger partial charge in [0.25, 0.3) is 0 Å². The van der Waals surface area contributed by atoms with Crippen molar-refractivity contribution in [2.75, 3.05) is 13.7 Å². The standard InChI is InChI=1S/C11H22N2O4/c1-7(8(6-12)9(14)16-5)13-10(15)17-11(2,3)4/h7-8H,6,12H2,1-5H3,(H,13,15)/t7?,8-/m1/s1. The Kier molecular flexibility index (Phi) is 5.95. The van der Waals surface area contributed by atoms with E-state index >= 15 is 0 Å². The number of carbonyl (C=O) groups excluding carboxylic acids is 2. The van der Waals surface area contributed by atoms with E-state index in [-0.39, 0.29) is 6.54 Å². The maximum Gasteiger partial charge on any atom is 0.407 e. The molecule has 0 aromatic rings. The number of alkyl carbamates (subject to hydrolysis) is 1. The molecule has 1 amide bonds. The fraction of sp³-hybridized carbons (Fsp3) is 0.818. The van der Waals surface area contributed by atoms with Crippen LogP contribution < -0.4 is 11.1 Å². The third kappa shape index (κ3) is 6.11. The molecule has 0 rings (SSSR count). The van der Waals surface area contributed by atoms with Crippen LogP contribution in [0.15, 0.2) is 0 Å². The molecule has 0 aromatic heterocycles. The molecule has 6 heteroatoms. The summed E-state index contributed by atoms with van der Waals surface area (Å²) in [5.74, 6) is -1.02. The van der Waals surface area contributed by atoms with Crippen LogP contribution in [0, 0.1) is 5.92 Å². The van der Waals surface area contributed by atoms with Crippen molar-refractivity contribution in [3.8, 4) is 0 Å². The van der Waals surface area contributed by atoms with Gasteiger partial charge in [0.2, 0.25) is 0 Å². The highest BCUT2D eigenvalue weighted by atomic mass is 16.6. The Morgan fingerprint density at radius 1 is 1.35 bits per heavy atom. The summed E-state index contributed by atoms with van der Waals surface area (Å²) < 4.78 is 9.67. The molecule has 3 N–H and O–H groups in total. The minimum absolute atomic E-state index is 0.101. The van der Waals surface area contributed by atoms with Gasteiger partial charge in [-0.2, -0.15) is 0 Å². The highest BCUT2D eigenvalue weighted by molar-refractivity contribution is 5.75. The summed E-state index contributed by atoms with van der Waals surface area (Å²) in [6, 6.07) is -0.442. The van der Waals surface area contributed by atoms with Crippen molar-refractivity contribution < 1.29 is 19.1 Å². The topological polar surface area (TPSA) is 90.6 Å². The lowest BCUT2D eigenvalue weighted by Crippen LogP contribution is -2.46. The third-order valence-corrected chi connectivity index (χ3v) is 2.11. The van der Waals surface area contributed by atoms with Gasteiger partial charge in [-0.05, 0) is 27.7 Å². The second-order valence-electron chi connectivity index (χ2n) is 4.80. The molecule has 6 nitrogen and oxygen atoms in total. The van der Waals surface area contributed by atoms with Gasteiger partial charge in [-0.1, -0.05) is 0 Å². The summed E-state index contributed by atoms with van der Waals surface area (Å²) in [4.78, 5) is 22.8. The Morgan fingerprint density at radius 3 is 2.24 bits per heavy atom. The van der Waals surface area contributed by atoms with Gasteiger partial charge < -0.3 is 20.5 Å². The average molecular weight is 246 g/mol. The summed E-state index contributed by atoms with van der Waals surface area (Å²) in [5, 5.41) is 2.56. The smallest absolute Gasteiger partial charge is 0.407 e. The number of ether oxygens (including phenoxy) is 2. The fourth-order valence-corrected chi connectivity index (χ4v) is 1.25. The van der Waals surface area contributed by atoms with E-state index in [1.165, 1.54) is 7.11 Å². The second-order valence-corrected chi connectivity index (χ2v) is 4.80. The Labute approximate surface area is 102 Å². The minimum Gasteiger partial charge on any atom is -0.469 e. The van der Waals surface area contributed by atoms with Gasteiger partial charge in [-0.3, -0.25) is 4.79 Å². The lowest BCUT2D eigenvalue weighted by molar-refractivity contribution is -0.145. The molecule has 0 aliphatic rings. The van der Waals surface area contributed by atoms with Crippen molar-refractivity contribution >= 4 is 12.1 Å². The molecular weight excluding hydrogens is 224 g/mol. The highest BCUT2D eigenvalue weighted by Gasteiger charge is 2.27. The van der Waals surface area contributed by atoms with Crippen molar-refractivity contribution in [3.63, 3.8) is 0 Å². The quantitative estimate of drug-likeness (QED) is 0.711. The summed E-state index contributed by atoms with van der Waals surface area (Å²) in [6.45, 7) is 7.07. The first-order valence-electron chi connectivity index (χ1n) is 5.48. The first-order chi connectivity index (χ1) is 7.71. The lowest BCUT2D eigenvalue weighted by atomic mass is 10.0. The van der Waals surface area contributed by atoms with Gasteiger partial charge >= 0.3 is 12.1 Å². The van der Waals surface area contributed by atoms with Gasteiger partial charge in [0.15, 0.2) is 0 Å². The minimum atomic E-state index is -0.577. The van der Waals surface area contributed by atoms with Crippen molar-refractivity contribution in [1.29, 1.82) is 0 Å². The SMILES string of the molecule is COC(=O)[C@H](CN)C(C)NC(=O)OC(C)(C)C. The summed E-state index contributed by atoms with van der Waals surface area (Å²) in [7, 11) is 1.28. The fourth-order valence-electron chi connectivity index (χ4n) is 1.25. The Balaban J connectivity index is 4.36. The second kappa shape index (κ2) is 6.44. The Bertz CT molecular complexity index is 273. The van der Waals surface area contributed by atoms with Crippen molar-refractivity contribution in [1.82, 2.24) is 5.32 Å². The summed E-state index contributed by atoms with van der Waals surface area (Å²) in [6.07, 6.45) is -0.577. The predicted molar refractivity (Wildman–Crippen MR) is 63.4 cm³/mol. The van der Waals surface area contributed by atoms with Gasteiger partial charge in [0, 0.05) is 12.6 Å². The molecule has 0 fully saturated rings. The monoisotopic (exact) mass is 246 g/mol. The number of methoxy groups -OCH3 is 1. The summed E-state index contributed by atoms with van der Waals surface area (Å²) in [5.41, 5.74) is 4.88. The van der Waals surface area contributed by atoms with Gasteiger partial charge in [0.05, 0.1) is 13.0 Å².